The summed E-state index contributed by atoms with van der Waals surface area (Å²) in [6.07, 6.45) is 3.52. The number of hydrogen-bond acceptors (Lipinski definition) is 3. The predicted octanol–water partition coefficient (Wildman–Crippen LogP) is 2.50. The molecule has 0 aliphatic rings. The van der Waals surface area contributed by atoms with Crippen LogP contribution in [0.15, 0.2) is 36.7 Å². The fourth-order valence-electron chi connectivity index (χ4n) is 1.98. The van der Waals surface area contributed by atoms with E-state index in [0.717, 1.165) is 21.8 Å². The molecule has 2 aromatic heterocycles. The SMILES string of the molecule is COC(=O)c1ccc2[nH]c3ccncc3c2c1. The molecule has 1 aromatic carbocycles. The van der Waals surface area contributed by atoms with Gasteiger partial charge in [0.2, 0.25) is 0 Å². The maximum Gasteiger partial charge on any atom is 0.337 e. The van der Waals surface area contributed by atoms with Crippen LogP contribution in [0.25, 0.3) is 21.8 Å². The third-order valence-electron chi connectivity index (χ3n) is 2.82. The van der Waals surface area contributed by atoms with Crippen molar-refractivity contribution in [1.29, 1.82) is 0 Å². The van der Waals surface area contributed by atoms with Gasteiger partial charge in [-0.25, -0.2) is 4.79 Å². The molecule has 0 saturated carbocycles. The van der Waals surface area contributed by atoms with Crippen molar-refractivity contribution >= 4 is 27.8 Å². The fourth-order valence-corrected chi connectivity index (χ4v) is 1.98. The zero-order chi connectivity index (χ0) is 11.8. The van der Waals surface area contributed by atoms with Crippen LogP contribution in [0, 0.1) is 0 Å². The molecular formula is C13H10N2O2. The van der Waals surface area contributed by atoms with Gasteiger partial charge in [0.25, 0.3) is 0 Å². The molecule has 3 aromatic rings. The first-order valence-electron chi connectivity index (χ1n) is 5.23. The zero-order valence-corrected chi connectivity index (χ0v) is 9.23. The number of H-pyrrole nitrogens is 1. The fraction of sp³-hybridized carbons (Fsp3) is 0.0769. The Labute approximate surface area is 97.2 Å². The summed E-state index contributed by atoms with van der Waals surface area (Å²) in [5, 5.41) is 1.99. The molecule has 1 N–H and O–H groups in total. The molecule has 2 heterocycles. The highest BCUT2D eigenvalue weighted by atomic mass is 16.5. The van der Waals surface area contributed by atoms with Gasteiger partial charge in [0, 0.05) is 34.2 Å². The highest BCUT2D eigenvalue weighted by Crippen LogP contribution is 2.25. The van der Waals surface area contributed by atoms with E-state index in [4.69, 9.17) is 4.74 Å². The Morgan fingerprint density at radius 3 is 2.88 bits per heavy atom. The number of carbonyl (C=O) groups is 1. The number of nitrogens with zero attached hydrogens (tertiary/aromatic N) is 1. The summed E-state index contributed by atoms with van der Waals surface area (Å²) in [5.74, 6) is -0.329. The Morgan fingerprint density at radius 1 is 1.24 bits per heavy atom. The number of methoxy groups -OCH3 is 1. The van der Waals surface area contributed by atoms with Gasteiger partial charge in [0.05, 0.1) is 12.7 Å². The average Bonchev–Trinajstić information content (AvgIpc) is 2.75. The molecule has 4 nitrogen and oxygen atoms in total. The van der Waals surface area contributed by atoms with Gasteiger partial charge < -0.3 is 9.72 Å². The van der Waals surface area contributed by atoms with Crippen molar-refractivity contribution < 1.29 is 9.53 Å². The third kappa shape index (κ3) is 1.45. The van der Waals surface area contributed by atoms with E-state index in [1.165, 1.54) is 7.11 Å². The minimum absolute atomic E-state index is 0.329. The Bertz CT molecular complexity index is 716. The number of esters is 1. The molecule has 4 heteroatoms. The molecule has 0 radical (unpaired) electrons. The smallest absolute Gasteiger partial charge is 0.337 e. The number of rotatable bonds is 1. The number of benzene rings is 1. The molecule has 17 heavy (non-hydrogen) atoms. The summed E-state index contributed by atoms with van der Waals surface area (Å²) in [7, 11) is 1.38. The topological polar surface area (TPSA) is 55.0 Å². The number of fused-ring (bicyclic) bond motifs is 3. The second-order valence-electron chi connectivity index (χ2n) is 3.80. The Balaban J connectivity index is 2.33. The van der Waals surface area contributed by atoms with Crippen molar-refractivity contribution in [3.05, 3.63) is 42.2 Å². The van der Waals surface area contributed by atoms with E-state index in [0.29, 0.717) is 5.56 Å². The van der Waals surface area contributed by atoms with Crippen molar-refractivity contribution in [2.45, 2.75) is 0 Å². The summed E-state index contributed by atoms with van der Waals surface area (Å²) >= 11 is 0. The van der Waals surface area contributed by atoms with E-state index >= 15 is 0 Å². The van der Waals surface area contributed by atoms with Gasteiger partial charge in [-0.05, 0) is 24.3 Å². The number of carbonyl (C=O) groups excluding carboxylic acids is 1. The lowest BCUT2D eigenvalue weighted by molar-refractivity contribution is 0.0601. The standard InChI is InChI=1S/C13H10N2O2/c1-17-13(16)8-2-3-11-9(6-8)10-7-14-5-4-12(10)15-11/h2-7,15H,1H3. The Kier molecular flexibility index (Phi) is 2.08. The molecule has 0 spiro atoms. The van der Waals surface area contributed by atoms with E-state index in [2.05, 4.69) is 9.97 Å². The maximum absolute atomic E-state index is 11.5. The van der Waals surface area contributed by atoms with Crippen LogP contribution in [0.4, 0.5) is 0 Å². The lowest BCUT2D eigenvalue weighted by Crippen LogP contribution is -2.00. The van der Waals surface area contributed by atoms with Crippen molar-refractivity contribution in [1.82, 2.24) is 9.97 Å². The van der Waals surface area contributed by atoms with Crippen LogP contribution >= 0.6 is 0 Å². The van der Waals surface area contributed by atoms with E-state index in [9.17, 15) is 4.79 Å². The molecule has 84 valence electrons. The minimum atomic E-state index is -0.329. The summed E-state index contributed by atoms with van der Waals surface area (Å²) in [6.45, 7) is 0. The number of ether oxygens (including phenoxy) is 1. The number of aromatic amines is 1. The average molecular weight is 226 g/mol. The van der Waals surface area contributed by atoms with Crippen LogP contribution in [0.5, 0.6) is 0 Å². The molecule has 3 rings (SSSR count). The summed E-state index contributed by atoms with van der Waals surface area (Å²) in [6, 6.07) is 7.35. The monoisotopic (exact) mass is 226 g/mol. The number of aromatic nitrogens is 2. The second-order valence-corrected chi connectivity index (χ2v) is 3.80. The normalized spacial score (nSPS) is 10.9. The van der Waals surface area contributed by atoms with Crippen molar-refractivity contribution in [3.63, 3.8) is 0 Å². The highest BCUT2D eigenvalue weighted by molar-refractivity contribution is 6.09. The molecule has 0 atom stereocenters. The van der Waals surface area contributed by atoms with Crippen LogP contribution < -0.4 is 0 Å². The van der Waals surface area contributed by atoms with E-state index in [-0.39, 0.29) is 5.97 Å². The molecule has 0 saturated heterocycles. The van der Waals surface area contributed by atoms with Crippen LogP contribution in [-0.2, 0) is 4.74 Å². The molecule has 0 aliphatic carbocycles. The summed E-state index contributed by atoms with van der Waals surface area (Å²) < 4.78 is 4.71. The quantitative estimate of drug-likeness (QED) is 0.648. The lowest BCUT2D eigenvalue weighted by atomic mass is 10.1. The molecule has 0 amide bonds. The van der Waals surface area contributed by atoms with Gasteiger partial charge in [-0.1, -0.05) is 0 Å². The third-order valence-corrected chi connectivity index (χ3v) is 2.82. The van der Waals surface area contributed by atoms with Gasteiger partial charge in [-0.15, -0.1) is 0 Å². The van der Waals surface area contributed by atoms with E-state index in [1.807, 2.05) is 18.2 Å². The minimum Gasteiger partial charge on any atom is -0.465 e. The maximum atomic E-state index is 11.5. The lowest BCUT2D eigenvalue weighted by Gasteiger charge is -1.98. The van der Waals surface area contributed by atoms with Crippen molar-refractivity contribution in [3.8, 4) is 0 Å². The van der Waals surface area contributed by atoms with Gasteiger partial charge >= 0.3 is 5.97 Å². The van der Waals surface area contributed by atoms with E-state index in [1.54, 1.807) is 18.5 Å². The number of nitrogens with one attached hydrogen (secondary N) is 1. The highest BCUT2D eigenvalue weighted by Gasteiger charge is 2.09. The predicted molar refractivity (Wildman–Crippen MR) is 64.9 cm³/mol. The van der Waals surface area contributed by atoms with Gasteiger partial charge in [0.15, 0.2) is 0 Å². The van der Waals surface area contributed by atoms with Crippen molar-refractivity contribution in [2.24, 2.45) is 0 Å². The summed E-state index contributed by atoms with van der Waals surface area (Å²) in [4.78, 5) is 18.8. The van der Waals surface area contributed by atoms with E-state index < -0.39 is 0 Å². The first-order valence-corrected chi connectivity index (χ1v) is 5.23. The molecule has 0 fully saturated rings. The Hall–Kier alpha value is -2.36. The first kappa shape index (κ1) is 9.84. The van der Waals surface area contributed by atoms with Crippen molar-refractivity contribution in [2.75, 3.05) is 7.11 Å². The van der Waals surface area contributed by atoms with Crippen LogP contribution in [0.3, 0.4) is 0 Å². The van der Waals surface area contributed by atoms with Crippen LogP contribution in [0.2, 0.25) is 0 Å². The van der Waals surface area contributed by atoms with Crippen LogP contribution in [-0.4, -0.2) is 23.0 Å². The van der Waals surface area contributed by atoms with Gasteiger partial charge in [-0.3, -0.25) is 4.98 Å². The zero-order valence-electron chi connectivity index (χ0n) is 9.23. The van der Waals surface area contributed by atoms with Gasteiger partial charge in [0.1, 0.15) is 0 Å². The summed E-state index contributed by atoms with van der Waals surface area (Å²) in [5.41, 5.74) is 2.54. The number of pyridine rings is 1. The first-order chi connectivity index (χ1) is 8.29. The van der Waals surface area contributed by atoms with Gasteiger partial charge in [-0.2, -0.15) is 0 Å². The molecule has 0 aliphatic heterocycles. The molecule has 0 unspecified atom stereocenters. The Morgan fingerprint density at radius 2 is 2.06 bits per heavy atom. The second kappa shape index (κ2) is 3.59. The largest absolute Gasteiger partial charge is 0.465 e. The molecule has 0 bridgehead atoms. The molecular weight excluding hydrogens is 216 g/mol. The van der Waals surface area contributed by atoms with Crippen LogP contribution in [0.1, 0.15) is 10.4 Å². The number of hydrogen-bond donors (Lipinski definition) is 1.